The standard InChI is InChI=1S/C7H14O4S/c1-6(9)7(12)11-5-4-10-3-2-8/h6,8-9H,2-5H2,1H3. The van der Waals surface area contributed by atoms with E-state index in [2.05, 4.69) is 12.2 Å². The Kier molecular flexibility index (Phi) is 7.28. The number of ether oxygens (including phenoxy) is 2. The van der Waals surface area contributed by atoms with Crippen LogP contribution in [0.2, 0.25) is 0 Å². The Morgan fingerprint density at radius 1 is 1.42 bits per heavy atom. The molecule has 12 heavy (non-hydrogen) atoms. The summed E-state index contributed by atoms with van der Waals surface area (Å²) >= 11 is 4.68. The molecule has 0 rings (SSSR count). The molecule has 0 heterocycles. The number of rotatable bonds is 6. The van der Waals surface area contributed by atoms with Gasteiger partial charge in [0.05, 0.1) is 19.8 Å². The highest BCUT2D eigenvalue weighted by atomic mass is 32.1. The third kappa shape index (κ3) is 6.48. The smallest absolute Gasteiger partial charge is 0.188 e. The fraction of sp³-hybridized carbons (Fsp3) is 0.857. The van der Waals surface area contributed by atoms with E-state index in [1.807, 2.05) is 0 Å². The van der Waals surface area contributed by atoms with Gasteiger partial charge in [-0.2, -0.15) is 0 Å². The van der Waals surface area contributed by atoms with Crippen LogP contribution in [-0.4, -0.2) is 47.8 Å². The molecule has 4 nitrogen and oxygen atoms in total. The molecular weight excluding hydrogens is 180 g/mol. The van der Waals surface area contributed by atoms with Crippen LogP contribution in [0.15, 0.2) is 0 Å². The number of thiocarbonyl (C=S) groups is 1. The molecule has 0 saturated heterocycles. The molecule has 0 aromatic rings. The van der Waals surface area contributed by atoms with E-state index in [-0.39, 0.29) is 11.7 Å². The van der Waals surface area contributed by atoms with Crippen LogP contribution in [0, 0.1) is 0 Å². The summed E-state index contributed by atoms with van der Waals surface area (Å²) in [6.07, 6.45) is -0.724. The van der Waals surface area contributed by atoms with Gasteiger partial charge >= 0.3 is 0 Å². The van der Waals surface area contributed by atoms with Crippen molar-refractivity contribution < 1.29 is 19.7 Å². The Hall–Kier alpha value is -0.230. The Labute approximate surface area is 77.1 Å². The molecule has 0 aliphatic rings. The van der Waals surface area contributed by atoms with Crippen molar-refractivity contribution in [3.05, 3.63) is 0 Å². The number of hydrogen-bond donors (Lipinski definition) is 2. The van der Waals surface area contributed by atoms with Gasteiger partial charge in [-0.1, -0.05) is 0 Å². The van der Waals surface area contributed by atoms with E-state index in [1.165, 1.54) is 6.92 Å². The Morgan fingerprint density at radius 2 is 2.08 bits per heavy atom. The van der Waals surface area contributed by atoms with Crippen molar-refractivity contribution in [3.63, 3.8) is 0 Å². The predicted molar refractivity (Wildman–Crippen MR) is 48.1 cm³/mol. The van der Waals surface area contributed by atoms with Crippen molar-refractivity contribution >= 4 is 17.3 Å². The molecule has 0 aromatic heterocycles. The average Bonchev–Trinajstić information content (AvgIpc) is 2.03. The van der Waals surface area contributed by atoms with E-state index < -0.39 is 6.10 Å². The van der Waals surface area contributed by atoms with Crippen LogP contribution in [0.5, 0.6) is 0 Å². The van der Waals surface area contributed by atoms with Crippen LogP contribution in [0.4, 0.5) is 0 Å². The molecule has 0 amide bonds. The predicted octanol–water partition coefficient (Wildman–Crippen LogP) is -0.280. The molecule has 0 aliphatic carbocycles. The summed E-state index contributed by atoms with van der Waals surface area (Å²) in [4.78, 5) is 0. The molecule has 0 radical (unpaired) electrons. The van der Waals surface area contributed by atoms with Gasteiger partial charge in [-0.05, 0) is 19.1 Å². The van der Waals surface area contributed by atoms with Gasteiger partial charge < -0.3 is 19.7 Å². The highest BCUT2D eigenvalue weighted by Crippen LogP contribution is 1.90. The summed E-state index contributed by atoms with van der Waals surface area (Å²) in [7, 11) is 0. The molecule has 1 unspecified atom stereocenters. The molecule has 0 bridgehead atoms. The highest BCUT2D eigenvalue weighted by molar-refractivity contribution is 7.80. The minimum atomic E-state index is -0.724. The van der Waals surface area contributed by atoms with E-state index >= 15 is 0 Å². The van der Waals surface area contributed by atoms with E-state index in [1.54, 1.807) is 0 Å². The molecule has 0 spiro atoms. The van der Waals surface area contributed by atoms with Gasteiger partial charge in [0.15, 0.2) is 5.05 Å². The number of hydrogen-bond acceptors (Lipinski definition) is 5. The lowest BCUT2D eigenvalue weighted by molar-refractivity contribution is 0.0649. The van der Waals surface area contributed by atoms with Gasteiger partial charge in [-0.3, -0.25) is 0 Å². The minimum Gasteiger partial charge on any atom is -0.482 e. The molecule has 0 aromatic carbocycles. The first-order chi connectivity index (χ1) is 5.68. The lowest BCUT2D eigenvalue weighted by atomic mass is 10.4. The first-order valence-electron chi connectivity index (χ1n) is 3.71. The van der Waals surface area contributed by atoms with Gasteiger partial charge in [0.2, 0.25) is 0 Å². The van der Waals surface area contributed by atoms with E-state index in [0.29, 0.717) is 19.8 Å². The second-order valence-corrected chi connectivity index (χ2v) is 2.58. The van der Waals surface area contributed by atoms with Gasteiger partial charge in [0.25, 0.3) is 0 Å². The molecule has 0 saturated carbocycles. The summed E-state index contributed by atoms with van der Waals surface area (Å²) in [6.45, 7) is 2.51. The second kappa shape index (κ2) is 7.42. The van der Waals surface area contributed by atoms with Gasteiger partial charge in [0, 0.05) is 0 Å². The van der Waals surface area contributed by atoms with Crippen LogP contribution >= 0.6 is 12.2 Å². The van der Waals surface area contributed by atoms with Crippen molar-refractivity contribution in [2.45, 2.75) is 13.0 Å². The maximum absolute atomic E-state index is 8.88. The molecule has 2 N–H and O–H groups in total. The first-order valence-corrected chi connectivity index (χ1v) is 4.12. The summed E-state index contributed by atoms with van der Waals surface area (Å²) in [5, 5.41) is 17.4. The van der Waals surface area contributed by atoms with Gasteiger partial charge in [-0.15, -0.1) is 0 Å². The van der Waals surface area contributed by atoms with Crippen molar-refractivity contribution in [1.82, 2.24) is 0 Å². The van der Waals surface area contributed by atoms with Crippen molar-refractivity contribution in [1.29, 1.82) is 0 Å². The molecule has 0 aliphatic heterocycles. The zero-order valence-electron chi connectivity index (χ0n) is 7.02. The Bertz CT molecular complexity index is 127. The fourth-order valence-electron chi connectivity index (χ4n) is 0.488. The summed E-state index contributed by atoms with van der Waals surface area (Å²) in [5.74, 6) is 0. The van der Waals surface area contributed by atoms with Crippen molar-refractivity contribution in [3.8, 4) is 0 Å². The molecular formula is C7H14O4S. The Balaban J connectivity index is 3.14. The first kappa shape index (κ1) is 11.8. The summed E-state index contributed by atoms with van der Waals surface area (Å²) < 4.78 is 9.82. The number of aliphatic hydroxyl groups is 2. The van der Waals surface area contributed by atoms with Crippen molar-refractivity contribution in [2.75, 3.05) is 26.4 Å². The maximum Gasteiger partial charge on any atom is 0.188 e. The second-order valence-electron chi connectivity index (χ2n) is 2.18. The normalized spacial score (nSPS) is 12.6. The summed E-state index contributed by atoms with van der Waals surface area (Å²) in [6, 6.07) is 0. The van der Waals surface area contributed by atoms with E-state index in [0.717, 1.165) is 0 Å². The molecule has 0 fully saturated rings. The molecule has 5 heteroatoms. The van der Waals surface area contributed by atoms with E-state index in [4.69, 9.17) is 19.7 Å². The quantitative estimate of drug-likeness (QED) is 0.450. The Morgan fingerprint density at radius 3 is 2.58 bits per heavy atom. The molecule has 72 valence electrons. The lowest BCUT2D eigenvalue weighted by Gasteiger charge is -2.08. The third-order valence-electron chi connectivity index (χ3n) is 1.05. The van der Waals surface area contributed by atoms with Crippen molar-refractivity contribution in [2.24, 2.45) is 0 Å². The highest BCUT2D eigenvalue weighted by Gasteiger charge is 2.03. The van der Waals surface area contributed by atoms with Gasteiger partial charge in [0.1, 0.15) is 12.7 Å². The summed E-state index contributed by atoms with van der Waals surface area (Å²) in [5.41, 5.74) is 0. The van der Waals surface area contributed by atoms with Gasteiger partial charge in [-0.25, -0.2) is 0 Å². The topological polar surface area (TPSA) is 58.9 Å². The minimum absolute atomic E-state index is 0.000842. The zero-order valence-corrected chi connectivity index (χ0v) is 7.84. The van der Waals surface area contributed by atoms with Crippen LogP contribution in [0.25, 0.3) is 0 Å². The SMILES string of the molecule is CC(O)C(=S)OCCOCCO. The van der Waals surface area contributed by atoms with Crippen LogP contribution in [-0.2, 0) is 9.47 Å². The molecule has 1 atom stereocenters. The monoisotopic (exact) mass is 194 g/mol. The van der Waals surface area contributed by atoms with Crippen LogP contribution in [0.1, 0.15) is 6.92 Å². The lowest BCUT2D eigenvalue weighted by Crippen LogP contribution is -2.19. The van der Waals surface area contributed by atoms with Crippen LogP contribution in [0.3, 0.4) is 0 Å². The fourth-order valence-corrected chi connectivity index (χ4v) is 0.572. The maximum atomic E-state index is 8.88. The average molecular weight is 194 g/mol. The third-order valence-corrected chi connectivity index (χ3v) is 1.51. The zero-order chi connectivity index (χ0) is 9.40. The van der Waals surface area contributed by atoms with E-state index in [9.17, 15) is 0 Å². The van der Waals surface area contributed by atoms with Crippen LogP contribution < -0.4 is 0 Å². The number of aliphatic hydroxyl groups excluding tert-OH is 2. The largest absolute Gasteiger partial charge is 0.482 e.